The zero-order valence-corrected chi connectivity index (χ0v) is 35.5. The molecule has 2 N–H and O–H groups in total. The Balaban J connectivity index is 0.000000205. The molecule has 0 unspecified atom stereocenters. The van der Waals surface area contributed by atoms with Crippen LogP contribution in [0.3, 0.4) is 0 Å². The molecule has 0 spiro atoms. The van der Waals surface area contributed by atoms with Crippen molar-refractivity contribution in [2.75, 3.05) is 46.4 Å². The van der Waals surface area contributed by atoms with Crippen LogP contribution in [0.5, 0.6) is 17.2 Å². The number of alkyl halides is 2. The molecule has 7 rings (SSSR count). The number of H-pyrrole nitrogens is 1. The van der Waals surface area contributed by atoms with E-state index in [0.29, 0.717) is 78.8 Å². The van der Waals surface area contributed by atoms with Crippen molar-refractivity contribution in [1.82, 2.24) is 33.7 Å². The molecule has 1 aliphatic carbocycles. The Morgan fingerprint density at radius 2 is 1.68 bits per heavy atom. The predicted octanol–water partition coefficient (Wildman–Crippen LogP) is 5.77. The van der Waals surface area contributed by atoms with Crippen LogP contribution in [0.4, 0.5) is 8.78 Å². The van der Waals surface area contributed by atoms with Gasteiger partial charge in [0.05, 0.1) is 51.8 Å². The number of hydrogen-bond acceptors (Lipinski definition) is 11. The van der Waals surface area contributed by atoms with Gasteiger partial charge < -0.3 is 29.3 Å². The zero-order chi connectivity index (χ0) is 43.3. The smallest absolute Gasteiger partial charge is 0.387 e. The third kappa shape index (κ3) is 10.4. The van der Waals surface area contributed by atoms with Crippen molar-refractivity contribution in [1.29, 1.82) is 0 Å². The SMILES string of the molecule is CCCc1nn(C)c2c(=O)[nH]c(-c3cc(S(=O)(=O)N4CCN(C)CC4)ccc3OCC)nc12.O=C(N=c1c(Cl)cn(O)cc1Cl)c1ccc(OC(F)F)c(OCC2CC2)c1. The second-order valence-corrected chi connectivity index (χ2v) is 16.9. The fourth-order valence-electron chi connectivity index (χ4n) is 6.31. The fourth-order valence-corrected chi connectivity index (χ4v) is 8.30. The molecule has 1 saturated carbocycles. The molecular weight excluding hydrogens is 849 g/mol. The van der Waals surface area contributed by atoms with Crippen LogP contribution >= 0.6 is 23.2 Å². The number of carbonyl (C=O) groups is 1. The third-order valence-electron chi connectivity index (χ3n) is 9.59. The van der Waals surface area contributed by atoms with E-state index in [1.165, 1.54) is 27.2 Å². The van der Waals surface area contributed by atoms with E-state index >= 15 is 0 Å². The van der Waals surface area contributed by atoms with Gasteiger partial charge in [-0.05, 0) is 75.5 Å². The molecule has 3 aromatic heterocycles. The summed E-state index contributed by atoms with van der Waals surface area (Å²) in [6.45, 7) is 3.81. The molecule has 1 aliphatic heterocycles. The zero-order valence-electron chi connectivity index (χ0n) is 33.2. The Morgan fingerprint density at radius 3 is 2.32 bits per heavy atom. The Labute approximate surface area is 353 Å². The molecule has 4 heterocycles. The number of likely N-dealkylation sites (N-methyl/N-ethyl adjacent to an activating group) is 1. The quantitative estimate of drug-likeness (QED) is 0.137. The van der Waals surface area contributed by atoms with E-state index in [1.807, 2.05) is 20.9 Å². The summed E-state index contributed by atoms with van der Waals surface area (Å²) < 4.78 is 71.2. The first-order valence-electron chi connectivity index (χ1n) is 19.1. The van der Waals surface area contributed by atoms with Crippen LogP contribution in [0.15, 0.2) is 63.5 Å². The van der Waals surface area contributed by atoms with E-state index in [4.69, 9.17) is 37.7 Å². The minimum atomic E-state index is -3.70. The minimum Gasteiger partial charge on any atom is -0.493 e. The molecule has 5 aromatic rings. The van der Waals surface area contributed by atoms with Gasteiger partial charge in [0.2, 0.25) is 10.0 Å². The molecule has 1 amide bonds. The number of sulfonamides is 1. The fraction of sp³-hybridized carbons (Fsp3) is 0.410. The molecule has 16 nitrogen and oxygen atoms in total. The van der Waals surface area contributed by atoms with Gasteiger partial charge >= 0.3 is 6.61 Å². The molecule has 0 radical (unpaired) electrons. The van der Waals surface area contributed by atoms with Gasteiger partial charge in [0.25, 0.3) is 11.5 Å². The van der Waals surface area contributed by atoms with Crippen LogP contribution in [0.2, 0.25) is 10.0 Å². The number of pyridine rings is 1. The van der Waals surface area contributed by atoms with Crippen molar-refractivity contribution in [3.8, 4) is 28.6 Å². The number of hydrogen-bond donors (Lipinski definition) is 2. The highest BCUT2D eigenvalue weighted by atomic mass is 35.5. The standard InChI is InChI=1S/C22H30N6O4S.C17H14Cl2F2N2O4/c1-5-7-17-19-20(27(4)25-17)22(29)24-21(23-19)16-14-15(8-9-18(16)32-6-2)33(30,31)28-12-10-26(3)11-13-28;18-11-6-23(25)7-12(19)15(11)22-16(24)10-3-4-13(27-17(20)21)14(5-10)26-8-9-1-2-9/h8-9,14H,5-7,10-13H2,1-4H3,(H,23,24,29);3-7,9,17,25H,1-2,8H2. The molecule has 0 bridgehead atoms. The first-order valence-corrected chi connectivity index (χ1v) is 21.3. The number of ether oxygens (including phenoxy) is 3. The van der Waals surface area contributed by atoms with Gasteiger partial charge in [-0.1, -0.05) is 36.5 Å². The highest BCUT2D eigenvalue weighted by Gasteiger charge is 2.29. The van der Waals surface area contributed by atoms with Crippen molar-refractivity contribution in [2.45, 2.75) is 51.0 Å². The number of nitrogens with zero attached hydrogens (tertiary/aromatic N) is 7. The molecule has 2 aromatic carbocycles. The average molecular weight is 894 g/mol. The van der Waals surface area contributed by atoms with Crippen molar-refractivity contribution < 1.29 is 41.4 Å². The summed E-state index contributed by atoms with van der Waals surface area (Å²) in [5.74, 6) is 0.242. The number of amides is 1. The van der Waals surface area contributed by atoms with Gasteiger partial charge in [0, 0.05) is 38.8 Å². The maximum Gasteiger partial charge on any atom is 0.387 e. The van der Waals surface area contributed by atoms with Crippen LogP contribution in [-0.2, 0) is 23.5 Å². The van der Waals surface area contributed by atoms with Crippen LogP contribution in [-0.4, -0.2) is 106 Å². The first kappa shape index (κ1) is 44.5. The molecule has 2 fully saturated rings. The predicted molar refractivity (Wildman–Crippen MR) is 219 cm³/mol. The molecule has 322 valence electrons. The van der Waals surface area contributed by atoms with Gasteiger partial charge in [-0.2, -0.15) is 22.9 Å². The monoisotopic (exact) mass is 892 g/mol. The van der Waals surface area contributed by atoms with Crippen LogP contribution in [0.1, 0.15) is 49.2 Å². The lowest BCUT2D eigenvalue weighted by Gasteiger charge is -2.31. The van der Waals surface area contributed by atoms with Crippen molar-refractivity contribution in [3.05, 3.63) is 85.8 Å². The maximum absolute atomic E-state index is 13.3. The van der Waals surface area contributed by atoms with Crippen LogP contribution in [0, 0.1) is 5.92 Å². The second-order valence-electron chi connectivity index (χ2n) is 14.1. The average Bonchev–Trinajstić information content (AvgIpc) is 3.98. The van der Waals surface area contributed by atoms with Gasteiger partial charge in [-0.15, -0.1) is 0 Å². The number of benzene rings is 2. The largest absolute Gasteiger partial charge is 0.493 e. The van der Waals surface area contributed by atoms with Crippen molar-refractivity contribution in [3.63, 3.8) is 0 Å². The van der Waals surface area contributed by atoms with Crippen molar-refractivity contribution in [2.24, 2.45) is 18.0 Å². The highest BCUT2D eigenvalue weighted by Crippen LogP contribution is 2.35. The number of aryl methyl sites for hydroxylation is 2. The third-order valence-corrected chi connectivity index (χ3v) is 12.0. The Morgan fingerprint density at radius 1 is 1.00 bits per heavy atom. The summed E-state index contributed by atoms with van der Waals surface area (Å²) in [5, 5.41) is 13.7. The van der Waals surface area contributed by atoms with Gasteiger partial charge in [0.1, 0.15) is 22.4 Å². The Kier molecular flexibility index (Phi) is 14.2. The first-order chi connectivity index (χ1) is 28.6. The minimum absolute atomic E-state index is 0.0259. The number of aromatic amines is 1. The summed E-state index contributed by atoms with van der Waals surface area (Å²) in [6.07, 6.45) is 5.79. The van der Waals surface area contributed by atoms with Gasteiger partial charge in [-0.25, -0.2) is 18.4 Å². The summed E-state index contributed by atoms with van der Waals surface area (Å²) >= 11 is 11.9. The lowest BCUT2D eigenvalue weighted by Crippen LogP contribution is -2.47. The molecule has 1 saturated heterocycles. The molecule has 0 atom stereocenters. The molecule has 2 aliphatic rings. The van der Waals surface area contributed by atoms with E-state index in [1.54, 1.807) is 25.2 Å². The molecular formula is C39H44Cl2F2N8O8S. The number of carbonyl (C=O) groups excluding carboxylic acids is 1. The normalized spacial score (nSPS) is 14.8. The number of piperazine rings is 1. The summed E-state index contributed by atoms with van der Waals surface area (Å²) in [5.41, 5.74) is 1.82. The maximum atomic E-state index is 13.3. The van der Waals surface area contributed by atoms with E-state index in [0.717, 1.165) is 37.4 Å². The Hall–Kier alpha value is -5.08. The second kappa shape index (κ2) is 19.1. The lowest BCUT2D eigenvalue weighted by molar-refractivity contribution is -0.0515. The summed E-state index contributed by atoms with van der Waals surface area (Å²) in [4.78, 5) is 38.9. The van der Waals surface area contributed by atoms with E-state index < -0.39 is 22.5 Å². The van der Waals surface area contributed by atoms with Gasteiger partial charge in [-0.3, -0.25) is 14.3 Å². The van der Waals surface area contributed by atoms with Crippen LogP contribution in [0.25, 0.3) is 22.4 Å². The lowest BCUT2D eigenvalue weighted by atomic mass is 10.1. The topological polar surface area (TPSA) is 186 Å². The summed E-state index contributed by atoms with van der Waals surface area (Å²) in [7, 11) is -0.00831. The van der Waals surface area contributed by atoms with E-state index in [9.17, 15) is 32.0 Å². The van der Waals surface area contributed by atoms with E-state index in [-0.39, 0.29) is 48.7 Å². The number of nitrogens with one attached hydrogen (secondary N) is 1. The molecule has 21 heteroatoms. The molecule has 60 heavy (non-hydrogen) atoms. The number of fused-ring (bicyclic) bond motifs is 1. The number of halogens is 4. The number of aromatic nitrogens is 5. The van der Waals surface area contributed by atoms with Crippen molar-refractivity contribution >= 4 is 50.2 Å². The van der Waals surface area contributed by atoms with Gasteiger partial charge in [0.15, 0.2) is 17.0 Å². The van der Waals surface area contributed by atoms with Crippen LogP contribution < -0.4 is 25.1 Å². The number of rotatable bonds is 13. The Bertz CT molecular complexity index is 2580. The van der Waals surface area contributed by atoms with E-state index in [2.05, 4.69) is 24.7 Å². The highest BCUT2D eigenvalue weighted by molar-refractivity contribution is 7.89. The summed E-state index contributed by atoms with van der Waals surface area (Å²) in [6, 6.07) is 8.49.